The lowest BCUT2D eigenvalue weighted by Gasteiger charge is -2.08. The van der Waals surface area contributed by atoms with Crippen LogP contribution in [0.4, 0.5) is 0 Å². The second kappa shape index (κ2) is 6.04. The fourth-order valence-corrected chi connectivity index (χ4v) is 2.76. The highest BCUT2D eigenvalue weighted by atomic mass is 35.5. The number of rotatable bonds is 4. The van der Waals surface area contributed by atoms with E-state index in [0.29, 0.717) is 0 Å². The normalized spacial score (nSPS) is 12.1. The molecule has 0 spiro atoms. The zero-order valence-electron chi connectivity index (χ0n) is 9.06. The van der Waals surface area contributed by atoms with Crippen LogP contribution in [0, 0.1) is 0 Å². The van der Waals surface area contributed by atoms with E-state index in [1.165, 1.54) is 15.6 Å². The molecule has 0 aliphatic heterocycles. The summed E-state index contributed by atoms with van der Waals surface area (Å²) in [6.45, 7) is 3.72. The van der Waals surface area contributed by atoms with E-state index in [0.717, 1.165) is 12.8 Å². The summed E-state index contributed by atoms with van der Waals surface area (Å²) < 4.78 is 1.32. The zero-order valence-corrected chi connectivity index (χ0v) is 10.7. The highest BCUT2D eigenvalue weighted by Crippen LogP contribution is 2.30. The molecule has 86 valence electrons. The SMILES string of the molecule is C=CCC[C@H](N)c1csc2ccccc12.Cl. The van der Waals surface area contributed by atoms with Crippen LogP contribution >= 0.6 is 23.7 Å². The molecule has 3 heteroatoms. The number of nitrogens with two attached hydrogens (primary N) is 1. The molecule has 2 aromatic rings. The first-order valence-corrected chi connectivity index (χ1v) is 6.03. The predicted molar refractivity (Wildman–Crippen MR) is 75.4 cm³/mol. The molecule has 1 aromatic carbocycles. The molecule has 0 radical (unpaired) electrons. The van der Waals surface area contributed by atoms with Gasteiger partial charge in [0.1, 0.15) is 0 Å². The van der Waals surface area contributed by atoms with Gasteiger partial charge in [0.2, 0.25) is 0 Å². The van der Waals surface area contributed by atoms with Crippen molar-refractivity contribution < 1.29 is 0 Å². The smallest absolute Gasteiger partial charge is 0.0346 e. The Bertz CT molecular complexity index is 464. The molecule has 0 saturated heterocycles. The van der Waals surface area contributed by atoms with Crippen molar-refractivity contribution in [2.24, 2.45) is 5.73 Å². The summed E-state index contributed by atoms with van der Waals surface area (Å²) in [4.78, 5) is 0. The van der Waals surface area contributed by atoms with Gasteiger partial charge in [0, 0.05) is 10.7 Å². The van der Waals surface area contributed by atoms with Crippen LogP contribution in [0.25, 0.3) is 10.1 Å². The lowest BCUT2D eigenvalue weighted by Crippen LogP contribution is -2.08. The largest absolute Gasteiger partial charge is 0.324 e. The fourth-order valence-electron chi connectivity index (χ4n) is 1.74. The molecule has 2 N–H and O–H groups in total. The Morgan fingerprint density at radius 3 is 2.88 bits per heavy atom. The van der Waals surface area contributed by atoms with E-state index < -0.39 is 0 Å². The molecule has 16 heavy (non-hydrogen) atoms. The number of thiophene rings is 1. The minimum absolute atomic E-state index is 0. The molecule has 1 atom stereocenters. The molecule has 0 saturated carbocycles. The number of allylic oxidation sites excluding steroid dienone is 1. The Labute approximate surface area is 106 Å². The highest BCUT2D eigenvalue weighted by Gasteiger charge is 2.10. The molecule has 1 heterocycles. The first kappa shape index (κ1) is 13.2. The standard InChI is InChI=1S/C13H15NS.ClH/c1-2-3-7-12(14)11-9-15-13-8-5-4-6-10(11)13;/h2,4-6,8-9,12H,1,3,7,14H2;1H/t12-;/m0./s1. The quantitative estimate of drug-likeness (QED) is 0.809. The lowest BCUT2D eigenvalue weighted by atomic mass is 10.0. The molecule has 2 rings (SSSR count). The van der Waals surface area contributed by atoms with Gasteiger partial charge in [0.05, 0.1) is 0 Å². The van der Waals surface area contributed by atoms with Crippen LogP contribution in [0.15, 0.2) is 42.3 Å². The summed E-state index contributed by atoms with van der Waals surface area (Å²) in [6, 6.07) is 8.56. The molecular weight excluding hydrogens is 238 g/mol. The summed E-state index contributed by atoms with van der Waals surface area (Å²) in [7, 11) is 0. The number of fused-ring (bicyclic) bond motifs is 1. The van der Waals surface area contributed by atoms with Crippen molar-refractivity contribution in [1.82, 2.24) is 0 Å². The van der Waals surface area contributed by atoms with Crippen LogP contribution in [-0.4, -0.2) is 0 Å². The van der Waals surface area contributed by atoms with Gasteiger partial charge >= 0.3 is 0 Å². The van der Waals surface area contributed by atoms with E-state index in [4.69, 9.17) is 5.73 Å². The highest BCUT2D eigenvalue weighted by molar-refractivity contribution is 7.17. The van der Waals surface area contributed by atoms with Crippen LogP contribution in [0.5, 0.6) is 0 Å². The van der Waals surface area contributed by atoms with Crippen LogP contribution in [-0.2, 0) is 0 Å². The minimum atomic E-state index is 0. The van der Waals surface area contributed by atoms with E-state index in [-0.39, 0.29) is 18.4 Å². The first-order valence-electron chi connectivity index (χ1n) is 5.15. The van der Waals surface area contributed by atoms with Gasteiger partial charge in [-0.2, -0.15) is 0 Å². The van der Waals surface area contributed by atoms with E-state index in [2.05, 4.69) is 36.2 Å². The van der Waals surface area contributed by atoms with E-state index in [9.17, 15) is 0 Å². The minimum Gasteiger partial charge on any atom is -0.324 e. The zero-order chi connectivity index (χ0) is 10.7. The van der Waals surface area contributed by atoms with Gasteiger partial charge in [-0.25, -0.2) is 0 Å². The maximum atomic E-state index is 6.15. The van der Waals surface area contributed by atoms with E-state index >= 15 is 0 Å². The van der Waals surface area contributed by atoms with Crippen LogP contribution in [0.2, 0.25) is 0 Å². The lowest BCUT2D eigenvalue weighted by molar-refractivity contribution is 0.668. The average Bonchev–Trinajstić information content (AvgIpc) is 2.69. The molecule has 1 nitrogen and oxygen atoms in total. The molecule has 1 aromatic heterocycles. The predicted octanol–water partition coefficient (Wildman–Crippen LogP) is 4.29. The maximum absolute atomic E-state index is 6.15. The molecule has 0 aliphatic carbocycles. The summed E-state index contributed by atoms with van der Waals surface area (Å²) >= 11 is 1.77. The van der Waals surface area contributed by atoms with Crippen molar-refractivity contribution in [2.75, 3.05) is 0 Å². The molecular formula is C13H16ClNS. The maximum Gasteiger partial charge on any atom is 0.0346 e. The molecule has 0 aliphatic rings. The third-order valence-corrected chi connectivity index (χ3v) is 3.57. The first-order chi connectivity index (χ1) is 7.33. The van der Waals surface area contributed by atoms with Crippen molar-refractivity contribution >= 4 is 33.8 Å². The third-order valence-electron chi connectivity index (χ3n) is 2.59. The molecule has 0 fully saturated rings. The number of benzene rings is 1. The van der Waals surface area contributed by atoms with Crippen molar-refractivity contribution in [3.63, 3.8) is 0 Å². The summed E-state index contributed by atoms with van der Waals surface area (Å²) in [5.41, 5.74) is 7.43. The summed E-state index contributed by atoms with van der Waals surface area (Å²) in [5.74, 6) is 0. The third kappa shape index (κ3) is 2.64. The fraction of sp³-hybridized carbons (Fsp3) is 0.231. The molecule has 0 unspecified atom stereocenters. The summed E-state index contributed by atoms with van der Waals surface area (Å²) in [6.07, 6.45) is 3.88. The van der Waals surface area contributed by atoms with Crippen LogP contribution in [0.1, 0.15) is 24.4 Å². The van der Waals surface area contributed by atoms with Gasteiger partial charge in [-0.05, 0) is 35.2 Å². The van der Waals surface area contributed by atoms with E-state index in [1.54, 1.807) is 11.3 Å². The Hall–Kier alpha value is -0.830. The van der Waals surface area contributed by atoms with Gasteiger partial charge in [-0.1, -0.05) is 24.3 Å². The van der Waals surface area contributed by atoms with E-state index in [1.807, 2.05) is 6.08 Å². The molecule has 0 amide bonds. The molecule has 0 bridgehead atoms. The second-order valence-corrected chi connectivity index (χ2v) is 4.57. The Morgan fingerprint density at radius 2 is 2.12 bits per heavy atom. The van der Waals surface area contributed by atoms with Gasteiger partial charge in [0.15, 0.2) is 0 Å². The topological polar surface area (TPSA) is 26.0 Å². The van der Waals surface area contributed by atoms with Crippen molar-refractivity contribution in [2.45, 2.75) is 18.9 Å². The van der Waals surface area contributed by atoms with Crippen molar-refractivity contribution in [3.8, 4) is 0 Å². The van der Waals surface area contributed by atoms with Gasteiger partial charge in [-0.15, -0.1) is 30.3 Å². The monoisotopic (exact) mass is 253 g/mol. The number of hydrogen-bond acceptors (Lipinski definition) is 2. The Morgan fingerprint density at radius 1 is 1.38 bits per heavy atom. The number of halogens is 1. The van der Waals surface area contributed by atoms with Crippen molar-refractivity contribution in [1.29, 1.82) is 0 Å². The Balaban J connectivity index is 0.00000128. The summed E-state index contributed by atoms with van der Waals surface area (Å²) in [5, 5.41) is 3.48. The van der Waals surface area contributed by atoms with Crippen LogP contribution in [0.3, 0.4) is 0 Å². The van der Waals surface area contributed by atoms with Gasteiger partial charge < -0.3 is 5.73 Å². The Kier molecular flexibility index (Phi) is 5.00. The second-order valence-electron chi connectivity index (χ2n) is 3.66. The average molecular weight is 254 g/mol. The van der Waals surface area contributed by atoms with Gasteiger partial charge in [-0.3, -0.25) is 0 Å². The van der Waals surface area contributed by atoms with Crippen LogP contribution < -0.4 is 5.73 Å². The number of hydrogen-bond donors (Lipinski definition) is 1. The van der Waals surface area contributed by atoms with Crippen molar-refractivity contribution in [3.05, 3.63) is 47.9 Å². The van der Waals surface area contributed by atoms with Gasteiger partial charge in [0.25, 0.3) is 0 Å².